The molecule has 0 unspecified atom stereocenters. The first kappa shape index (κ1) is 23.8. The highest BCUT2D eigenvalue weighted by molar-refractivity contribution is 5.80. The zero-order valence-electron chi connectivity index (χ0n) is 21.3. The van der Waals surface area contributed by atoms with Crippen LogP contribution >= 0.6 is 0 Å². The van der Waals surface area contributed by atoms with E-state index in [1.54, 1.807) is 6.07 Å². The van der Waals surface area contributed by atoms with Crippen molar-refractivity contribution in [3.63, 3.8) is 0 Å². The lowest BCUT2D eigenvalue weighted by molar-refractivity contribution is 0.393. The van der Waals surface area contributed by atoms with Crippen molar-refractivity contribution in [3.05, 3.63) is 119 Å². The van der Waals surface area contributed by atoms with Gasteiger partial charge in [0.1, 0.15) is 17.4 Å². The number of hydrogen-bond acceptors (Lipinski definition) is 4. The topological polar surface area (TPSA) is 66.7 Å². The molecule has 0 fully saturated rings. The second-order valence-corrected chi connectivity index (χ2v) is 9.52. The van der Waals surface area contributed by atoms with Gasteiger partial charge >= 0.3 is 0 Å². The Kier molecular flexibility index (Phi) is 6.32. The second kappa shape index (κ2) is 10.1. The van der Waals surface area contributed by atoms with Crippen LogP contribution in [0.15, 0.2) is 95.5 Å². The molecule has 0 atom stereocenters. The van der Waals surface area contributed by atoms with Gasteiger partial charge < -0.3 is 14.8 Å². The lowest BCUT2D eigenvalue weighted by atomic mass is 10.0. The maximum Gasteiger partial charge on any atom is 0.141 e. The number of nitrogens with one attached hydrogen (secondary N) is 2. The van der Waals surface area contributed by atoms with E-state index < -0.39 is 0 Å². The first-order valence-corrected chi connectivity index (χ1v) is 12.6. The van der Waals surface area contributed by atoms with E-state index in [9.17, 15) is 4.39 Å². The number of halogens is 1. The quantitative estimate of drug-likeness (QED) is 0.236. The first-order valence-electron chi connectivity index (χ1n) is 12.6. The molecule has 0 aliphatic heterocycles. The Bertz CT molecular complexity index is 1700. The Morgan fingerprint density at radius 1 is 0.763 bits per heavy atom. The molecule has 0 radical (unpaired) electrons. The van der Waals surface area contributed by atoms with Crippen LogP contribution in [0.4, 0.5) is 4.39 Å². The minimum atomic E-state index is -0.274. The zero-order chi connectivity index (χ0) is 26.1. The Morgan fingerprint density at radius 3 is 2.21 bits per heavy atom. The summed E-state index contributed by atoms with van der Waals surface area (Å²) < 4.78 is 18.8. The molecule has 38 heavy (non-hydrogen) atoms. The van der Waals surface area contributed by atoms with Gasteiger partial charge in [-0.15, -0.1) is 0 Å². The van der Waals surface area contributed by atoms with Crippen molar-refractivity contribution in [1.29, 1.82) is 0 Å². The van der Waals surface area contributed by atoms with Gasteiger partial charge in [0.15, 0.2) is 0 Å². The number of fused-ring (bicyclic) bond motifs is 1. The molecule has 0 bridgehead atoms. The van der Waals surface area contributed by atoms with Crippen LogP contribution in [0.1, 0.15) is 22.6 Å². The maximum atomic E-state index is 13.5. The second-order valence-electron chi connectivity index (χ2n) is 9.52. The highest BCUT2D eigenvalue weighted by Gasteiger charge is 2.12. The number of benzene rings is 4. The number of nitrogens with zero attached hydrogens (tertiary/aromatic N) is 2. The van der Waals surface area contributed by atoms with Crippen molar-refractivity contribution in [1.82, 2.24) is 20.4 Å². The fraction of sp³-hybridized carbons (Fsp3) is 0.125. The molecule has 5 nitrogen and oxygen atoms in total. The third kappa shape index (κ3) is 4.86. The predicted octanol–water partition coefficient (Wildman–Crippen LogP) is 7.60. The molecule has 0 amide bonds. The summed E-state index contributed by atoms with van der Waals surface area (Å²) in [4.78, 5) is 7.78. The van der Waals surface area contributed by atoms with Crippen molar-refractivity contribution in [2.24, 2.45) is 0 Å². The number of hydrogen-bond donors (Lipinski definition) is 2. The summed E-state index contributed by atoms with van der Waals surface area (Å²) >= 11 is 0. The van der Waals surface area contributed by atoms with Gasteiger partial charge in [-0.2, -0.15) is 0 Å². The summed E-state index contributed by atoms with van der Waals surface area (Å²) in [5, 5.41) is 7.62. The van der Waals surface area contributed by atoms with Gasteiger partial charge in [-0.25, -0.2) is 9.37 Å². The third-order valence-corrected chi connectivity index (χ3v) is 6.80. The lowest BCUT2D eigenvalue weighted by Crippen LogP contribution is -2.12. The molecule has 0 spiro atoms. The third-order valence-electron chi connectivity index (χ3n) is 6.80. The fourth-order valence-electron chi connectivity index (χ4n) is 4.84. The van der Waals surface area contributed by atoms with E-state index in [1.807, 2.05) is 26.0 Å². The molecule has 188 valence electrons. The van der Waals surface area contributed by atoms with E-state index in [-0.39, 0.29) is 5.82 Å². The van der Waals surface area contributed by atoms with E-state index in [0.29, 0.717) is 5.52 Å². The van der Waals surface area contributed by atoms with Gasteiger partial charge in [-0.05, 0) is 65.9 Å². The van der Waals surface area contributed by atoms with Crippen LogP contribution in [0.3, 0.4) is 0 Å². The van der Waals surface area contributed by atoms with Gasteiger partial charge in [0, 0.05) is 24.2 Å². The van der Waals surface area contributed by atoms with Crippen LogP contribution in [-0.4, -0.2) is 15.1 Å². The Labute approximate surface area is 220 Å². The Balaban J connectivity index is 1.09. The Morgan fingerprint density at radius 2 is 1.47 bits per heavy atom. The van der Waals surface area contributed by atoms with E-state index in [2.05, 4.69) is 81.1 Å². The normalized spacial score (nSPS) is 11.3. The molecule has 6 heteroatoms. The number of aryl methyl sites for hydroxylation is 2. The maximum absolute atomic E-state index is 13.5. The molecular formula is C32H27FN4O. The monoisotopic (exact) mass is 502 g/mol. The van der Waals surface area contributed by atoms with Crippen LogP contribution < -0.4 is 5.32 Å². The molecule has 0 saturated heterocycles. The predicted molar refractivity (Wildman–Crippen MR) is 149 cm³/mol. The fourth-order valence-corrected chi connectivity index (χ4v) is 4.84. The molecule has 2 N–H and O–H groups in total. The zero-order valence-corrected chi connectivity index (χ0v) is 21.3. The van der Waals surface area contributed by atoms with Gasteiger partial charge in [-0.3, -0.25) is 0 Å². The van der Waals surface area contributed by atoms with Gasteiger partial charge in [-0.1, -0.05) is 71.9 Å². The molecule has 2 heterocycles. The standard InChI is InChI=1S/C32H27FN4O/c1-20-31(21(2)38-37-20)27-5-3-4-23(16-27)19-34-18-22-6-8-24(9-7-22)25-10-12-26(13-11-25)32-35-29-15-14-28(33)17-30(29)36-32/h3-17,34H,18-19H2,1-2H3,(H,35,36). The Hall–Kier alpha value is -4.55. The minimum Gasteiger partial charge on any atom is -0.361 e. The van der Waals surface area contributed by atoms with Crippen molar-refractivity contribution in [3.8, 4) is 33.6 Å². The summed E-state index contributed by atoms with van der Waals surface area (Å²) in [6.07, 6.45) is 0. The summed E-state index contributed by atoms with van der Waals surface area (Å²) in [6.45, 7) is 5.47. The average Bonchev–Trinajstić information content (AvgIpc) is 3.51. The number of rotatable bonds is 7. The smallest absolute Gasteiger partial charge is 0.141 e. The highest BCUT2D eigenvalue weighted by Crippen LogP contribution is 2.28. The number of aromatic nitrogens is 3. The van der Waals surface area contributed by atoms with Gasteiger partial charge in [0.05, 0.1) is 16.7 Å². The van der Waals surface area contributed by atoms with Crippen LogP contribution in [-0.2, 0) is 13.1 Å². The molecule has 6 rings (SSSR count). The van der Waals surface area contributed by atoms with Crippen molar-refractivity contribution in [2.75, 3.05) is 0 Å². The summed E-state index contributed by atoms with van der Waals surface area (Å²) in [6, 6.07) is 29.9. The SMILES string of the molecule is Cc1noc(C)c1-c1cccc(CNCc2ccc(-c3ccc(-c4nc5ccc(F)cc5[nH]4)cc3)cc2)c1. The largest absolute Gasteiger partial charge is 0.361 e. The average molecular weight is 503 g/mol. The van der Waals surface area contributed by atoms with Gasteiger partial charge in [0.2, 0.25) is 0 Å². The molecular weight excluding hydrogens is 475 g/mol. The number of imidazole rings is 1. The molecule has 0 saturated carbocycles. The molecule has 2 aromatic heterocycles. The first-order chi connectivity index (χ1) is 18.5. The lowest BCUT2D eigenvalue weighted by Gasteiger charge is -2.09. The van der Waals surface area contributed by atoms with E-state index in [1.165, 1.54) is 23.3 Å². The van der Waals surface area contributed by atoms with E-state index in [0.717, 1.165) is 63.7 Å². The number of aromatic amines is 1. The molecule has 0 aliphatic rings. The van der Waals surface area contributed by atoms with Crippen molar-refractivity contribution >= 4 is 11.0 Å². The van der Waals surface area contributed by atoms with Gasteiger partial charge in [0.25, 0.3) is 0 Å². The van der Waals surface area contributed by atoms with Crippen LogP contribution in [0, 0.1) is 19.7 Å². The summed E-state index contributed by atoms with van der Waals surface area (Å²) in [5.41, 5.74) is 10.2. The highest BCUT2D eigenvalue weighted by atomic mass is 19.1. The summed E-state index contributed by atoms with van der Waals surface area (Å²) in [5.74, 6) is 1.30. The minimum absolute atomic E-state index is 0.274. The van der Waals surface area contributed by atoms with E-state index >= 15 is 0 Å². The number of H-pyrrole nitrogens is 1. The van der Waals surface area contributed by atoms with Crippen LogP contribution in [0.2, 0.25) is 0 Å². The van der Waals surface area contributed by atoms with Crippen LogP contribution in [0.5, 0.6) is 0 Å². The molecule has 0 aliphatic carbocycles. The molecule has 6 aromatic rings. The van der Waals surface area contributed by atoms with Crippen molar-refractivity contribution in [2.45, 2.75) is 26.9 Å². The van der Waals surface area contributed by atoms with Crippen molar-refractivity contribution < 1.29 is 8.91 Å². The molecule has 4 aromatic carbocycles. The summed E-state index contributed by atoms with van der Waals surface area (Å²) in [7, 11) is 0. The van der Waals surface area contributed by atoms with E-state index in [4.69, 9.17) is 4.52 Å². The van der Waals surface area contributed by atoms with Crippen LogP contribution in [0.25, 0.3) is 44.7 Å².